The molecule has 0 aliphatic rings. The molecule has 2 aromatic heterocycles. The van der Waals surface area contributed by atoms with Crippen LogP contribution in [0.25, 0.3) is 11.4 Å². The topological polar surface area (TPSA) is 51.8 Å². The maximum atomic E-state index is 5.94. The molecule has 0 saturated carbocycles. The van der Waals surface area contributed by atoms with E-state index in [9.17, 15) is 0 Å². The largest absolute Gasteiger partial charge is 0.338 e. The third kappa shape index (κ3) is 3.18. The number of thioether (sulfide) groups is 1. The first-order valence-electron chi connectivity index (χ1n) is 5.93. The van der Waals surface area contributed by atoms with E-state index < -0.39 is 0 Å². The fourth-order valence-electron chi connectivity index (χ4n) is 1.63. The lowest BCUT2D eigenvalue weighted by Gasteiger charge is -1.95. The molecule has 0 bridgehead atoms. The highest BCUT2D eigenvalue weighted by atomic mass is 35.5. The summed E-state index contributed by atoms with van der Waals surface area (Å²) >= 11 is 7.50. The van der Waals surface area contributed by atoms with Crippen LogP contribution in [0.1, 0.15) is 5.89 Å². The van der Waals surface area contributed by atoms with E-state index in [-0.39, 0.29) is 0 Å². The molecule has 0 radical (unpaired) electrons. The second kappa shape index (κ2) is 6.07. The van der Waals surface area contributed by atoms with Crippen LogP contribution in [0.3, 0.4) is 0 Å². The molecule has 0 atom stereocenters. The Morgan fingerprint density at radius 2 is 2.10 bits per heavy atom. The van der Waals surface area contributed by atoms with E-state index in [4.69, 9.17) is 16.1 Å². The number of benzene rings is 1. The summed E-state index contributed by atoms with van der Waals surface area (Å²) in [6.45, 7) is 0. The summed E-state index contributed by atoms with van der Waals surface area (Å²) < 4.78 is 5.23. The molecule has 3 aromatic rings. The maximum absolute atomic E-state index is 5.94. The van der Waals surface area contributed by atoms with Crippen molar-refractivity contribution in [2.45, 2.75) is 10.8 Å². The minimum Gasteiger partial charge on any atom is -0.338 e. The Balaban J connectivity index is 1.71. The van der Waals surface area contributed by atoms with Crippen LogP contribution in [0.4, 0.5) is 0 Å². The second-order valence-electron chi connectivity index (χ2n) is 3.98. The van der Waals surface area contributed by atoms with Gasteiger partial charge in [-0.15, -0.1) is 0 Å². The molecule has 0 aliphatic carbocycles. The van der Waals surface area contributed by atoms with E-state index in [1.165, 1.54) is 0 Å². The summed E-state index contributed by atoms with van der Waals surface area (Å²) in [4.78, 5) is 8.58. The highest BCUT2D eigenvalue weighted by molar-refractivity contribution is 7.98. The normalized spacial score (nSPS) is 10.7. The summed E-state index contributed by atoms with van der Waals surface area (Å²) in [5, 5.41) is 5.54. The first-order valence-corrected chi connectivity index (χ1v) is 7.30. The lowest BCUT2D eigenvalue weighted by molar-refractivity contribution is 0.391. The Kier molecular flexibility index (Phi) is 3.99. The number of rotatable bonds is 4. The predicted molar refractivity (Wildman–Crippen MR) is 78.5 cm³/mol. The van der Waals surface area contributed by atoms with Crippen molar-refractivity contribution in [3.05, 3.63) is 59.6 Å². The van der Waals surface area contributed by atoms with Crippen LogP contribution < -0.4 is 0 Å². The molecule has 1 aromatic carbocycles. The van der Waals surface area contributed by atoms with Crippen molar-refractivity contribution in [1.82, 2.24) is 15.1 Å². The Labute approximate surface area is 125 Å². The van der Waals surface area contributed by atoms with Gasteiger partial charge in [0.2, 0.25) is 11.7 Å². The molecule has 2 heterocycles. The summed E-state index contributed by atoms with van der Waals surface area (Å²) in [6, 6.07) is 13.1. The van der Waals surface area contributed by atoms with E-state index in [0.29, 0.717) is 22.5 Å². The highest BCUT2D eigenvalue weighted by Gasteiger charge is 2.09. The molecule has 0 saturated heterocycles. The van der Waals surface area contributed by atoms with Gasteiger partial charge in [-0.3, -0.25) is 0 Å². The predicted octanol–water partition coefficient (Wildman–Crippen LogP) is 4.08. The fourth-order valence-corrected chi connectivity index (χ4v) is 2.52. The number of hydrogen-bond donors (Lipinski definition) is 0. The molecular formula is C14H10ClN3OS. The van der Waals surface area contributed by atoms with Crippen molar-refractivity contribution in [3.8, 4) is 11.4 Å². The maximum Gasteiger partial charge on any atom is 0.237 e. The van der Waals surface area contributed by atoms with Gasteiger partial charge in [0.05, 0.1) is 10.8 Å². The van der Waals surface area contributed by atoms with Crippen LogP contribution in [-0.2, 0) is 5.75 Å². The average Bonchev–Trinajstić information content (AvgIpc) is 2.95. The van der Waals surface area contributed by atoms with Crippen molar-refractivity contribution in [1.29, 1.82) is 0 Å². The third-order valence-electron chi connectivity index (χ3n) is 2.53. The van der Waals surface area contributed by atoms with Gasteiger partial charge in [0.1, 0.15) is 0 Å². The third-order valence-corrected chi connectivity index (χ3v) is 3.70. The fraction of sp³-hybridized carbons (Fsp3) is 0.0714. The van der Waals surface area contributed by atoms with Gasteiger partial charge in [-0.05, 0) is 24.3 Å². The Hall–Kier alpha value is -1.85. The van der Waals surface area contributed by atoms with Crippen LogP contribution in [0.15, 0.2) is 58.2 Å². The van der Waals surface area contributed by atoms with E-state index in [1.54, 1.807) is 18.0 Å². The monoisotopic (exact) mass is 303 g/mol. The molecule has 0 aliphatic heterocycles. The van der Waals surface area contributed by atoms with Crippen molar-refractivity contribution in [3.63, 3.8) is 0 Å². The van der Waals surface area contributed by atoms with E-state index in [1.807, 2.05) is 42.5 Å². The van der Waals surface area contributed by atoms with Crippen molar-refractivity contribution >= 4 is 23.4 Å². The average molecular weight is 304 g/mol. The minimum absolute atomic E-state index is 0.545. The van der Waals surface area contributed by atoms with Gasteiger partial charge in [0.15, 0.2) is 0 Å². The minimum atomic E-state index is 0.545. The zero-order valence-electron chi connectivity index (χ0n) is 10.4. The summed E-state index contributed by atoms with van der Waals surface area (Å²) in [5.41, 5.74) is 0.843. The van der Waals surface area contributed by atoms with Crippen LogP contribution in [0.5, 0.6) is 0 Å². The molecule has 6 heteroatoms. The first-order chi connectivity index (χ1) is 9.81. The zero-order chi connectivity index (χ0) is 13.8. The Morgan fingerprint density at radius 1 is 1.15 bits per heavy atom. The van der Waals surface area contributed by atoms with Gasteiger partial charge < -0.3 is 4.52 Å². The summed E-state index contributed by atoms with van der Waals surface area (Å²) in [6.07, 6.45) is 1.76. The first kappa shape index (κ1) is 13.1. The molecule has 4 nitrogen and oxygen atoms in total. The van der Waals surface area contributed by atoms with Gasteiger partial charge in [0, 0.05) is 16.8 Å². The molecule has 0 spiro atoms. The molecule has 0 N–H and O–H groups in total. The molecular weight excluding hydrogens is 294 g/mol. The quantitative estimate of drug-likeness (QED) is 0.680. The number of pyridine rings is 1. The summed E-state index contributed by atoms with van der Waals surface area (Å²) in [5.74, 6) is 1.70. The molecule has 0 amide bonds. The Morgan fingerprint density at radius 3 is 2.90 bits per heavy atom. The molecule has 20 heavy (non-hydrogen) atoms. The van der Waals surface area contributed by atoms with Gasteiger partial charge in [-0.2, -0.15) is 4.98 Å². The lowest BCUT2D eigenvalue weighted by atomic mass is 10.2. The van der Waals surface area contributed by atoms with Gasteiger partial charge >= 0.3 is 0 Å². The number of halogens is 1. The number of nitrogens with zero attached hydrogens (tertiary/aromatic N) is 3. The smallest absolute Gasteiger partial charge is 0.237 e. The van der Waals surface area contributed by atoms with Crippen LogP contribution in [0.2, 0.25) is 5.02 Å². The lowest BCUT2D eigenvalue weighted by Crippen LogP contribution is -1.84. The van der Waals surface area contributed by atoms with Crippen LogP contribution in [0, 0.1) is 0 Å². The summed E-state index contributed by atoms with van der Waals surface area (Å²) in [7, 11) is 0. The highest BCUT2D eigenvalue weighted by Crippen LogP contribution is 2.23. The Bertz CT molecular complexity index is 702. The van der Waals surface area contributed by atoms with Crippen LogP contribution >= 0.6 is 23.4 Å². The van der Waals surface area contributed by atoms with Crippen LogP contribution in [-0.4, -0.2) is 15.1 Å². The van der Waals surface area contributed by atoms with E-state index in [2.05, 4.69) is 15.1 Å². The van der Waals surface area contributed by atoms with E-state index >= 15 is 0 Å². The van der Waals surface area contributed by atoms with Gasteiger partial charge in [-0.1, -0.05) is 46.7 Å². The number of aromatic nitrogens is 3. The van der Waals surface area contributed by atoms with Gasteiger partial charge in [-0.25, -0.2) is 4.98 Å². The van der Waals surface area contributed by atoms with Gasteiger partial charge in [0.25, 0.3) is 0 Å². The van der Waals surface area contributed by atoms with Crippen molar-refractivity contribution in [2.75, 3.05) is 0 Å². The molecule has 3 rings (SSSR count). The van der Waals surface area contributed by atoms with Crippen molar-refractivity contribution < 1.29 is 4.52 Å². The molecule has 100 valence electrons. The number of hydrogen-bond acceptors (Lipinski definition) is 5. The zero-order valence-corrected chi connectivity index (χ0v) is 11.9. The molecule has 0 fully saturated rings. The van der Waals surface area contributed by atoms with E-state index in [0.717, 1.165) is 10.6 Å². The van der Waals surface area contributed by atoms with Crippen molar-refractivity contribution in [2.24, 2.45) is 0 Å². The second-order valence-corrected chi connectivity index (χ2v) is 5.41. The molecule has 0 unspecified atom stereocenters. The SMILES string of the molecule is Clc1cccc(-c2noc(CSc3ccccn3)n2)c1. The standard InChI is InChI=1S/C14H10ClN3OS/c15-11-5-3-4-10(8-11)14-17-12(19-18-14)9-20-13-6-1-2-7-16-13/h1-8H,9H2.